The molecule has 1 spiro atoms. The second-order valence-electron chi connectivity index (χ2n) is 7.98. The van der Waals surface area contributed by atoms with Gasteiger partial charge in [-0.1, -0.05) is 6.07 Å². The van der Waals surface area contributed by atoms with Gasteiger partial charge in [0.15, 0.2) is 0 Å². The molecule has 0 bridgehead atoms. The quantitative estimate of drug-likeness (QED) is 0.877. The van der Waals surface area contributed by atoms with Gasteiger partial charge in [0.1, 0.15) is 0 Å². The molecular formula is C21H27N5O2. The number of nitrogens with one attached hydrogen (secondary N) is 1. The molecule has 2 fully saturated rings. The summed E-state index contributed by atoms with van der Waals surface area (Å²) in [5.74, 6) is 0.526. The summed E-state index contributed by atoms with van der Waals surface area (Å²) in [4.78, 5) is 27.8. The Morgan fingerprint density at radius 3 is 2.57 bits per heavy atom. The number of anilines is 1. The zero-order chi connectivity index (χ0) is 19.6. The van der Waals surface area contributed by atoms with E-state index in [1.54, 1.807) is 12.4 Å². The van der Waals surface area contributed by atoms with Gasteiger partial charge in [0.05, 0.1) is 11.6 Å². The van der Waals surface area contributed by atoms with Crippen LogP contribution in [0.4, 0.5) is 5.95 Å². The molecule has 28 heavy (non-hydrogen) atoms. The Balaban J connectivity index is 1.37. The Hall–Kier alpha value is -2.54. The average molecular weight is 381 g/mol. The maximum absolute atomic E-state index is 12.8. The minimum Gasteiger partial charge on any atom is -0.381 e. The smallest absolute Gasteiger partial charge is 0.257 e. The molecule has 2 saturated heterocycles. The average Bonchev–Trinajstić information content (AvgIpc) is 3.12. The number of rotatable bonds is 4. The summed E-state index contributed by atoms with van der Waals surface area (Å²) in [6.45, 7) is 7.22. The molecule has 2 aromatic heterocycles. The minimum absolute atomic E-state index is 0.0192. The fourth-order valence-corrected chi connectivity index (χ4v) is 4.03. The molecule has 7 nitrogen and oxygen atoms in total. The molecule has 2 aliphatic rings. The monoisotopic (exact) mass is 381 g/mol. The molecule has 4 rings (SSSR count). The van der Waals surface area contributed by atoms with Gasteiger partial charge in [0, 0.05) is 50.6 Å². The lowest BCUT2D eigenvalue weighted by atomic mass is 9.80. The van der Waals surface area contributed by atoms with Crippen molar-refractivity contribution in [2.75, 3.05) is 31.6 Å². The molecule has 1 atom stereocenters. The Morgan fingerprint density at radius 1 is 1.14 bits per heavy atom. The van der Waals surface area contributed by atoms with Crippen LogP contribution in [-0.2, 0) is 4.74 Å². The summed E-state index contributed by atoms with van der Waals surface area (Å²) in [7, 11) is 0. The number of hydrogen-bond acceptors (Lipinski definition) is 6. The Kier molecular flexibility index (Phi) is 5.26. The molecule has 4 heterocycles. The van der Waals surface area contributed by atoms with Crippen molar-refractivity contribution in [3.63, 3.8) is 0 Å². The van der Waals surface area contributed by atoms with Crippen LogP contribution in [-0.4, -0.2) is 52.1 Å². The number of carbonyl (C=O) groups is 1. The van der Waals surface area contributed by atoms with Crippen LogP contribution in [0, 0.1) is 12.3 Å². The summed E-state index contributed by atoms with van der Waals surface area (Å²) in [5, 5.41) is 3.26. The predicted octanol–water partition coefficient (Wildman–Crippen LogP) is 3.00. The number of aromatic nitrogens is 3. The van der Waals surface area contributed by atoms with Gasteiger partial charge in [-0.05, 0) is 50.2 Å². The van der Waals surface area contributed by atoms with E-state index in [0.29, 0.717) is 11.5 Å². The second kappa shape index (κ2) is 7.83. The van der Waals surface area contributed by atoms with Crippen LogP contribution in [0.1, 0.15) is 53.8 Å². The minimum atomic E-state index is 0.0192. The van der Waals surface area contributed by atoms with Gasteiger partial charge < -0.3 is 15.0 Å². The van der Waals surface area contributed by atoms with E-state index in [4.69, 9.17) is 4.74 Å². The second-order valence-corrected chi connectivity index (χ2v) is 7.98. The van der Waals surface area contributed by atoms with Crippen LogP contribution >= 0.6 is 0 Å². The molecule has 2 aliphatic heterocycles. The zero-order valence-electron chi connectivity index (χ0n) is 16.5. The van der Waals surface area contributed by atoms with Crippen LogP contribution < -0.4 is 5.32 Å². The molecule has 0 aromatic carbocycles. The summed E-state index contributed by atoms with van der Waals surface area (Å²) < 4.78 is 5.48. The number of ether oxygens (including phenoxy) is 1. The van der Waals surface area contributed by atoms with Crippen LogP contribution in [0.3, 0.4) is 0 Å². The zero-order valence-corrected chi connectivity index (χ0v) is 16.5. The highest BCUT2D eigenvalue weighted by molar-refractivity contribution is 5.94. The Labute approximate surface area is 165 Å². The number of hydrogen-bond donors (Lipinski definition) is 1. The summed E-state index contributed by atoms with van der Waals surface area (Å²) >= 11 is 0. The van der Waals surface area contributed by atoms with Crippen molar-refractivity contribution in [3.05, 3.63) is 47.5 Å². The van der Waals surface area contributed by atoms with Gasteiger partial charge in [-0.3, -0.25) is 9.78 Å². The molecule has 7 heteroatoms. The third kappa shape index (κ3) is 3.99. The van der Waals surface area contributed by atoms with Crippen molar-refractivity contribution in [1.29, 1.82) is 0 Å². The van der Waals surface area contributed by atoms with Crippen molar-refractivity contribution in [2.24, 2.45) is 5.41 Å². The van der Waals surface area contributed by atoms with E-state index in [2.05, 4.69) is 20.3 Å². The van der Waals surface area contributed by atoms with Crippen LogP contribution in [0.5, 0.6) is 0 Å². The lowest BCUT2D eigenvalue weighted by Gasteiger charge is -2.33. The summed E-state index contributed by atoms with van der Waals surface area (Å²) in [5.41, 5.74) is 2.83. The fraction of sp³-hybridized carbons (Fsp3) is 0.524. The molecule has 1 unspecified atom stereocenters. The first-order valence-electron chi connectivity index (χ1n) is 9.93. The van der Waals surface area contributed by atoms with E-state index in [9.17, 15) is 4.79 Å². The molecule has 1 N–H and O–H groups in total. The highest BCUT2D eigenvalue weighted by Gasteiger charge is 2.41. The lowest BCUT2D eigenvalue weighted by Crippen LogP contribution is -2.35. The van der Waals surface area contributed by atoms with Gasteiger partial charge in [-0.2, -0.15) is 0 Å². The highest BCUT2D eigenvalue weighted by Crippen LogP contribution is 2.40. The lowest BCUT2D eigenvalue weighted by molar-refractivity contribution is 0.0191. The number of pyridine rings is 1. The fourth-order valence-electron chi connectivity index (χ4n) is 4.03. The largest absolute Gasteiger partial charge is 0.381 e. The summed E-state index contributed by atoms with van der Waals surface area (Å²) in [6, 6.07) is 4.05. The van der Waals surface area contributed by atoms with E-state index in [1.807, 2.05) is 37.1 Å². The Bertz CT molecular complexity index is 816. The highest BCUT2D eigenvalue weighted by atomic mass is 16.5. The number of nitrogens with zero attached hydrogens (tertiary/aromatic N) is 4. The predicted molar refractivity (Wildman–Crippen MR) is 106 cm³/mol. The topological polar surface area (TPSA) is 80.2 Å². The first-order valence-corrected chi connectivity index (χ1v) is 9.93. The molecule has 0 aliphatic carbocycles. The summed E-state index contributed by atoms with van der Waals surface area (Å²) in [6.07, 6.45) is 8.23. The Morgan fingerprint density at radius 2 is 1.89 bits per heavy atom. The SMILES string of the molecule is Cc1ccc(C(C)Nc2ncc(C(=O)N3CCC4(CCOCC4)C3)cn2)cn1. The van der Waals surface area contributed by atoms with E-state index < -0.39 is 0 Å². The first-order chi connectivity index (χ1) is 13.5. The number of likely N-dealkylation sites (tertiary alicyclic amines) is 1. The van der Waals surface area contributed by atoms with Crippen molar-refractivity contribution in [3.8, 4) is 0 Å². The van der Waals surface area contributed by atoms with Gasteiger partial charge in [0.25, 0.3) is 5.91 Å². The molecule has 2 aromatic rings. The van der Waals surface area contributed by atoms with Crippen molar-refractivity contribution < 1.29 is 9.53 Å². The molecule has 0 saturated carbocycles. The number of aryl methyl sites for hydroxylation is 1. The van der Waals surface area contributed by atoms with E-state index in [1.165, 1.54) is 0 Å². The van der Waals surface area contributed by atoms with Crippen LogP contribution in [0.15, 0.2) is 30.7 Å². The van der Waals surface area contributed by atoms with Crippen LogP contribution in [0.25, 0.3) is 0 Å². The molecule has 1 amide bonds. The molecule has 148 valence electrons. The maximum Gasteiger partial charge on any atom is 0.257 e. The van der Waals surface area contributed by atoms with E-state index >= 15 is 0 Å². The van der Waals surface area contributed by atoms with Gasteiger partial charge in [-0.15, -0.1) is 0 Å². The van der Waals surface area contributed by atoms with Crippen molar-refractivity contribution >= 4 is 11.9 Å². The molecular weight excluding hydrogens is 354 g/mol. The number of amides is 1. The normalized spacial score (nSPS) is 19.6. The number of carbonyl (C=O) groups excluding carboxylic acids is 1. The first kappa shape index (κ1) is 18.8. The standard InChI is InChI=1S/C21H27N5O2/c1-15-3-4-17(11-22-15)16(2)25-20-23-12-18(13-24-20)19(27)26-8-5-21(14-26)6-9-28-10-7-21/h3-4,11-13,16H,5-10,14H2,1-2H3,(H,23,24,25). The van der Waals surface area contributed by atoms with Crippen molar-refractivity contribution in [1.82, 2.24) is 19.9 Å². The third-order valence-electron chi connectivity index (χ3n) is 5.96. The van der Waals surface area contributed by atoms with Gasteiger partial charge >= 0.3 is 0 Å². The maximum atomic E-state index is 12.8. The molecule has 0 radical (unpaired) electrons. The van der Waals surface area contributed by atoms with Crippen molar-refractivity contribution in [2.45, 2.75) is 39.2 Å². The third-order valence-corrected chi connectivity index (χ3v) is 5.96. The van der Waals surface area contributed by atoms with E-state index in [0.717, 1.165) is 56.8 Å². The van der Waals surface area contributed by atoms with E-state index in [-0.39, 0.29) is 17.4 Å². The van der Waals surface area contributed by atoms with Gasteiger partial charge in [-0.25, -0.2) is 9.97 Å². The van der Waals surface area contributed by atoms with Gasteiger partial charge in [0.2, 0.25) is 5.95 Å². The van der Waals surface area contributed by atoms with Crippen LogP contribution in [0.2, 0.25) is 0 Å².